The third kappa shape index (κ3) is 2.72. The molecule has 1 aliphatic heterocycles. The van der Waals surface area contributed by atoms with E-state index in [1.54, 1.807) is 0 Å². The molecule has 0 spiro atoms. The average Bonchev–Trinajstić information content (AvgIpc) is 2.63. The lowest BCUT2D eigenvalue weighted by atomic mass is 9.82. The standard InChI is InChI=1S/C12H22N2/c1-3-12(4-2)7-10-14(11-12)9-6-5-8-13/h3-7,9-11H2,1-2H3. The summed E-state index contributed by atoms with van der Waals surface area (Å²) in [6.45, 7) is 8.23. The highest BCUT2D eigenvalue weighted by atomic mass is 15.2. The number of hydrogen-bond donors (Lipinski definition) is 0. The second-order valence-corrected chi connectivity index (χ2v) is 4.49. The van der Waals surface area contributed by atoms with Gasteiger partial charge in [0, 0.05) is 13.0 Å². The number of unbranched alkanes of at least 4 members (excludes halogenated alkanes) is 1. The maximum Gasteiger partial charge on any atom is 0.0622 e. The van der Waals surface area contributed by atoms with E-state index in [9.17, 15) is 0 Å². The number of rotatable bonds is 5. The molecular weight excluding hydrogens is 172 g/mol. The van der Waals surface area contributed by atoms with Crippen LogP contribution in [-0.2, 0) is 0 Å². The lowest BCUT2D eigenvalue weighted by molar-refractivity contribution is 0.239. The summed E-state index contributed by atoms with van der Waals surface area (Å²) in [5, 5.41) is 8.47. The van der Waals surface area contributed by atoms with Gasteiger partial charge >= 0.3 is 0 Å². The zero-order chi connectivity index (χ0) is 10.4. The lowest BCUT2D eigenvalue weighted by Crippen LogP contribution is -2.27. The van der Waals surface area contributed by atoms with E-state index in [4.69, 9.17) is 5.26 Å². The van der Waals surface area contributed by atoms with Gasteiger partial charge in [-0.05, 0) is 44.2 Å². The zero-order valence-electron chi connectivity index (χ0n) is 9.55. The van der Waals surface area contributed by atoms with Crippen LogP contribution < -0.4 is 0 Å². The Morgan fingerprint density at radius 2 is 2.07 bits per heavy atom. The fraction of sp³-hybridized carbons (Fsp3) is 0.917. The lowest BCUT2D eigenvalue weighted by Gasteiger charge is -2.26. The Morgan fingerprint density at radius 1 is 1.36 bits per heavy atom. The Labute approximate surface area is 87.9 Å². The minimum Gasteiger partial charge on any atom is -0.303 e. The van der Waals surface area contributed by atoms with Crippen LogP contribution in [0.3, 0.4) is 0 Å². The van der Waals surface area contributed by atoms with E-state index < -0.39 is 0 Å². The molecule has 0 atom stereocenters. The fourth-order valence-corrected chi connectivity index (χ4v) is 2.43. The minimum atomic E-state index is 0.590. The van der Waals surface area contributed by atoms with Gasteiger partial charge in [0.25, 0.3) is 0 Å². The van der Waals surface area contributed by atoms with Gasteiger partial charge in [-0.3, -0.25) is 0 Å². The molecule has 80 valence electrons. The largest absolute Gasteiger partial charge is 0.303 e. The molecule has 0 aromatic heterocycles. The number of nitrogens with zero attached hydrogens (tertiary/aromatic N) is 2. The first-order valence-corrected chi connectivity index (χ1v) is 5.85. The molecule has 2 nitrogen and oxygen atoms in total. The van der Waals surface area contributed by atoms with Gasteiger partial charge in [0.15, 0.2) is 0 Å². The highest BCUT2D eigenvalue weighted by Crippen LogP contribution is 2.36. The van der Waals surface area contributed by atoms with Crippen LogP contribution in [0, 0.1) is 16.7 Å². The van der Waals surface area contributed by atoms with Gasteiger partial charge in [-0.25, -0.2) is 0 Å². The predicted molar refractivity (Wildman–Crippen MR) is 58.9 cm³/mol. The molecule has 0 aromatic rings. The first-order valence-electron chi connectivity index (χ1n) is 5.85. The molecular formula is C12H22N2. The first-order chi connectivity index (χ1) is 6.76. The monoisotopic (exact) mass is 194 g/mol. The molecule has 1 aliphatic rings. The van der Waals surface area contributed by atoms with E-state index >= 15 is 0 Å². The molecule has 2 heteroatoms. The van der Waals surface area contributed by atoms with Crippen LogP contribution in [0.25, 0.3) is 0 Å². The minimum absolute atomic E-state index is 0.590. The summed E-state index contributed by atoms with van der Waals surface area (Å²) in [5.41, 5.74) is 0.590. The molecule has 0 radical (unpaired) electrons. The van der Waals surface area contributed by atoms with Crippen LogP contribution in [0.4, 0.5) is 0 Å². The molecule has 0 amide bonds. The topological polar surface area (TPSA) is 27.0 Å². The highest BCUT2D eigenvalue weighted by molar-refractivity contribution is 4.88. The van der Waals surface area contributed by atoms with Gasteiger partial charge < -0.3 is 4.90 Å². The third-order valence-corrected chi connectivity index (χ3v) is 3.78. The van der Waals surface area contributed by atoms with Crippen molar-refractivity contribution in [1.29, 1.82) is 5.26 Å². The maximum atomic E-state index is 8.47. The molecule has 0 unspecified atom stereocenters. The predicted octanol–water partition coefficient (Wildman–Crippen LogP) is 2.80. The van der Waals surface area contributed by atoms with E-state index in [1.165, 1.54) is 32.4 Å². The van der Waals surface area contributed by atoms with Gasteiger partial charge in [-0.15, -0.1) is 0 Å². The SMILES string of the molecule is CCC1(CC)CCN(CCCC#N)C1. The van der Waals surface area contributed by atoms with E-state index in [0.717, 1.165) is 13.0 Å². The third-order valence-electron chi connectivity index (χ3n) is 3.78. The van der Waals surface area contributed by atoms with Gasteiger partial charge in [0.1, 0.15) is 0 Å². The van der Waals surface area contributed by atoms with Gasteiger partial charge in [0.2, 0.25) is 0 Å². The van der Waals surface area contributed by atoms with Crippen LogP contribution in [0.5, 0.6) is 0 Å². The van der Waals surface area contributed by atoms with Crippen LogP contribution in [0.2, 0.25) is 0 Å². The maximum absolute atomic E-state index is 8.47. The number of nitriles is 1. The highest BCUT2D eigenvalue weighted by Gasteiger charge is 2.34. The molecule has 0 bridgehead atoms. The Hall–Kier alpha value is -0.550. The Bertz CT molecular complexity index is 201. The van der Waals surface area contributed by atoms with Gasteiger partial charge in [0.05, 0.1) is 6.07 Å². The van der Waals surface area contributed by atoms with Crippen LogP contribution >= 0.6 is 0 Å². The molecule has 1 fully saturated rings. The normalized spacial score (nSPS) is 20.9. The summed E-state index contributed by atoms with van der Waals surface area (Å²) < 4.78 is 0. The van der Waals surface area contributed by atoms with Crippen molar-refractivity contribution in [2.45, 2.75) is 46.0 Å². The van der Waals surface area contributed by atoms with Crippen LogP contribution in [-0.4, -0.2) is 24.5 Å². The molecule has 0 aromatic carbocycles. The summed E-state index contributed by atoms with van der Waals surface area (Å²) in [6, 6.07) is 2.21. The van der Waals surface area contributed by atoms with Crippen molar-refractivity contribution in [3.8, 4) is 6.07 Å². The molecule has 0 N–H and O–H groups in total. The summed E-state index contributed by atoms with van der Waals surface area (Å²) in [6.07, 6.45) is 5.71. The van der Waals surface area contributed by atoms with Crippen molar-refractivity contribution in [2.24, 2.45) is 5.41 Å². The Kier molecular flexibility index (Phi) is 4.41. The van der Waals surface area contributed by atoms with Crippen molar-refractivity contribution in [3.05, 3.63) is 0 Å². The summed E-state index contributed by atoms with van der Waals surface area (Å²) >= 11 is 0. The number of likely N-dealkylation sites (tertiary alicyclic amines) is 1. The van der Waals surface area contributed by atoms with E-state index in [2.05, 4.69) is 24.8 Å². The van der Waals surface area contributed by atoms with Crippen molar-refractivity contribution in [3.63, 3.8) is 0 Å². The molecule has 1 rings (SSSR count). The van der Waals surface area contributed by atoms with Crippen molar-refractivity contribution < 1.29 is 0 Å². The molecule has 0 aliphatic carbocycles. The van der Waals surface area contributed by atoms with E-state index in [-0.39, 0.29) is 0 Å². The van der Waals surface area contributed by atoms with Crippen molar-refractivity contribution >= 4 is 0 Å². The van der Waals surface area contributed by atoms with E-state index in [0.29, 0.717) is 11.8 Å². The molecule has 1 saturated heterocycles. The van der Waals surface area contributed by atoms with Crippen molar-refractivity contribution in [2.75, 3.05) is 19.6 Å². The van der Waals surface area contributed by atoms with Crippen LogP contribution in [0.1, 0.15) is 46.0 Å². The molecule has 14 heavy (non-hydrogen) atoms. The fourth-order valence-electron chi connectivity index (χ4n) is 2.43. The summed E-state index contributed by atoms with van der Waals surface area (Å²) in [7, 11) is 0. The van der Waals surface area contributed by atoms with E-state index in [1.807, 2.05) is 0 Å². The molecule has 0 saturated carbocycles. The smallest absolute Gasteiger partial charge is 0.0622 e. The van der Waals surface area contributed by atoms with Crippen molar-refractivity contribution in [1.82, 2.24) is 4.90 Å². The number of hydrogen-bond acceptors (Lipinski definition) is 2. The zero-order valence-corrected chi connectivity index (χ0v) is 9.55. The van der Waals surface area contributed by atoms with Gasteiger partial charge in [-0.2, -0.15) is 5.26 Å². The van der Waals surface area contributed by atoms with Crippen LogP contribution in [0.15, 0.2) is 0 Å². The second kappa shape index (κ2) is 5.36. The Morgan fingerprint density at radius 3 is 2.57 bits per heavy atom. The quantitative estimate of drug-likeness (QED) is 0.629. The average molecular weight is 194 g/mol. The molecule has 1 heterocycles. The van der Waals surface area contributed by atoms with Gasteiger partial charge in [-0.1, -0.05) is 13.8 Å². The first kappa shape index (κ1) is 11.5. The Balaban J connectivity index is 2.30. The second-order valence-electron chi connectivity index (χ2n) is 4.49. The summed E-state index contributed by atoms with van der Waals surface area (Å²) in [4.78, 5) is 2.53. The summed E-state index contributed by atoms with van der Waals surface area (Å²) in [5.74, 6) is 0.